The minimum Gasteiger partial charge on any atom is -0.490 e. The molecule has 5 nitrogen and oxygen atoms in total. The number of benzene rings is 1. The maximum atomic E-state index is 14.7. The maximum absolute atomic E-state index is 14.7. The molecule has 1 aromatic carbocycles. The van der Waals surface area contributed by atoms with Crippen LogP contribution in [0.25, 0.3) is 11.1 Å². The lowest BCUT2D eigenvalue weighted by Gasteiger charge is -2.23. The van der Waals surface area contributed by atoms with Crippen molar-refractivity contribution in [2.24, 2.45) is 0 Å². The molecule has 0 unspecified atom stereocenters. The monoisotopic (exact) mass is 370 g/mol. The van der Waals surface area contributed by atoms with Crippen molar-refractivity contribution in [3.05, 3.63) is 52.2 Å². The zero-order chi connectivity index (χ0) is 19.2. The molecule has 6 heteroatoms. The summed E-state index contributed by atoms with van der Waals surface area (Å²) in [4.78, 5) is 12.5. The topological polar surface area (TPSA) is 64.2 Å². The molecule has 3 rings (SSSR count). The van der Waals surface area contributed by atoms with Crippen LogP contribution in [0.3, 0.4) is 0 Å². The molecule has 0 aliphatic carbocycles. The average molecular weight is 370 g/mol. The minimum atomic E-state index is -0.512. The molecule has 0 bridgehead atoms. The number of halogens is 1. The van der Waals surface area contributed by atoms with Crippen molar-refractivity contribution in [2.75, 3.05) is 13.2 Å². The van der Waals surface area contributed by atoms with Gasteiger partial charge in [-0.25, -0.2) is 4.39 Å². The van der Waals surface area contributed by atoms with Gasteiger partial charge in [0.1, 0.15) is 29.3 Å². The number of nitriles is 1. The SMILES string of the molecule is CCCCn1ccc(-c2ccc(OC3CCOCC3)cc2F)c(C#N)c1=O. The van der Waals surface area contributed by atoms with Crippen molar-refractivity contribution in [1.29, 1.82) is 5.26 Å². The molecule has 2 heterocycles. The van der Waals surface area contributed by atoms with E-state index in [1.54, 1.807) is 24.4 Å². The van der Waals surface area contributed by atoms with Crippen molar-refractivity contribution in [3.63, 3.8) is 0 Å². The first kappa shape index (κ1) is 19.1. The summed E-state index contributed by atoms with van der Waals surface area (Å²) in [5.74, 6) is -0.0697. The summed E-state index contributed by atoms with van der Waals surface area (Å²) in [5, 5.41) is 9.45. The predicted octanol–water partition coefficient (Wildman–Crippen LogP) is 3.88. The fourth-order valence-corrected chi connectivity index (χ4v) is 3.19. The highest BCUT2D eigenvalue weighted by atomic mass is 19.1. The van der Waals surface area contributed by atoms with E-state index in [-0.39, 0.29) is 22.8 Å². The number of hydrogen-bond donors (Lipinski definition) is 0. The van der Waals surface area contributed by atoms with Gasteiger partial charge in [0.25, 0.3) is 5.56 Å². The van der Waals surface area contributed by atoms with Gasteiger partial charge in [-0.2, -0.15) is 5.26 Å². The molecule has 2 aromatic rings. The van der Waals surface area contributed by atoms with Gasteiger partial charge in [0, 0.05) is 42.8 Å². The van der Waals surface area contributed by atoms with Gasteiger partial charge in [-0.3, -0.25) is 4.79 Å². The number of hydrogen-bond acceptors (Lipinski definition) is 4. The van der Waals surface area contributed by atoms with E-state index in [1.807, 2.05) is 13.0 Å². The molecule has 0 N–H and O–H groups in total. The van der Waals surface area contributed by atoms with E-state index in [9.17, 15) is 14.4 Å². The quantitative estimate of drug-likeness (QED) is 0.774. The Balaban J connectivity index is 1.88. The van der Waals surface area contributed by atoms with Gasteiger partial charge in [0.2, 0.25) is 0 Å². The Hall–Kier alpha value is -2.65. The van der Waals surface area contributed by atoms with Crippen LogP contribution < -0.4 is 10.3 Å². The van der Waals surface area contributed by atoms with Gasteiger partial charge < -0.3 is 14.0 Å². The van der Waals surface area contributed by atoms with Crippen molar-refractivity contribution in [3.8, 4) is 22.9 Å². The van der Waals surface area contributed by atoms with Crippen molar-refractivity contribution in [2.45, 2.75) is 45.3 Å². The number of rotatable bonds is 6. The van der Waals surface area contributed by atoms with Crippen molar-refractivity contribution in [1.82, 2.24) is 4.57 Å². The number of nitrogens with zero attached hydrogens (tertiary/aromatic N) is 2. The third-order valence-electron chi connectivity index (χ3n) is 4.73. The molecule has 0 saturated carbocycles. The second-order valence-corrected chi connectivity index (χ2v) is 6.64. The fourth-order valence-electron chi connectivity index (χ4n) is 3.19. The van der Waals surface area contributed by atoms with Crippen molar-refractivity contribution >= 4 is 0 Å². The lowest BCUT2D eigenvalue weighted by molar-refractivity contribution is 0.0255. The molecule has 1 aliphatic rings. The highest BCUT2D eigenvalue weighted by Gasteiger charge is 2.18. The second-order valence-electron chi connectivity index (χ2n) is 6.64. The molecule has 142 valence electrons. The van der Waals surface area contributed by atoms with Crippen LogP contribution in [-0.4, -0.2) is 23.9 Å². The molecular formula is C21H23FN2O3. The largest absolute Gasteiger partial charge is 0.490 e. The summed E-state index contributed by atoms with van der Waals surface area (Å²) in [6, 6.07) is 8.13. The van der Waals surface area contributed by atoms with E-state index in [4.69, 9.17) is 9.47 Å². The summed E-state index contributed by atoms with van der Waals surface area (Å²) < 4.78 is 27.3. The van der Waals surface area contributed by atoms with Crippen molar-refractivity contribution < 1.29 is 13.9 Å². The van der Waals surface area contributed by atoms with Crippen LogP contribution in [0.15, 0.2) is 35.3 Å². The molecule has 0 spiro atoms. The number of pyridine rings is 1. The molecule has 1 aliphatic heterocycles. The van der Waals surface area contributed by atoms with Gasteiger partial charge in [-0.15, -0.1) is 0 Å². The lowest BCUT2D eigenvalue weighted by Crippen LogP contribution is -2.25. The van der Waals surface area contributed by atoms with Gasteiger partial charge in [-0.05, 0) is 24.6 Å². The average Bonchev–Trinajstić information content (AvgIpc) is 2.68. The van der Waals surface area contributed by atoms with E-state index < -0.39 is 5.82 Å². The zero-order valence-corrected chi connectivity index (χ0v) is 15.4. The Bertz CT molecular complexity index is 895. The van der Waals surface area contributed by atoms with E-state index in [2.05, 4.69) is 0 Å². The normalized spacial score (nSPS) is 14.7. The number of ether oxygens (including phenoxy) is 2. The van der Waals surface area contributed by atoms with Gasteiger partial charge >= 0.3 is 0 Å². The Morgan fingerprint density at radius 1 is 1.30 bits per heavy atom. The second kappa shape index (κ2) is 8.83. The standard InChI is InChI=1S/C21H23FN2O3/c1-2-3-9-24-10-6-17(19(14-23)21(24)25)18-5-4-16(13-20(18)22)27-15-7-11-26-12-8-15/h4-6,10,13,15H,2-3,7-9,11-12H2,1H3. The van der Waals surface area contributed by atoms with Gasteiger partial charge in [0.05, 0.1) is 13.2 Å². The number of aryl methyl sites for hydroxylation is 1. The van der Waals surface area contributed by atoms with E-state index in [0.29, 0.717) is 31.1 Å². The van der Waals surface area contributed by atoms with Gasteiger partial charge in [-0.1, -0.05) is 13.3 Å². The lowest BCUT2D eigenvalue weighted by atomic mass is 10.0. The third-order valence-corrected chi connectivity index (χ3v) is 4.73. The first-order valence-corrected chi connectivity index (χ1v) is 9.32. The zero-order valence-electron chi connectivity index (χ0n) is 15.4. The van der Waals surface area contributed by atoms with Crippen LogP contribution in [0, 0.1) is 17.1 Å². The molecule has 1 aromatic heterocycles. The molecule has 0 atom stereocenters. The number of unbranched alkanes of at least 4 members (excludes halogenated alkanes) is 1. The van der Waals surface area contributed by atoms with Crippen LogP contribution in [0.4, 0.5) is 4.39 Å². The van der Waals surface area contributed by atoms with E-state index in [0.717, 1.165) is 25.7 Å². The summed E-state index contributed by atoms with van der Waals surface area (Å²) in [7, 11) is 0. The van der Waals surface area contributed by atoms with Crippen LogP contribution in [0.1, 0.15) is 38.2 Å². The summed E-state index contributed by atoms with van der Waals surface area (Å²) in [5.41, 5.74) is 0.118. The fraction of sp³-hybridized carbons (Fsp3) is 0.429. The molecule has 0 radical (unpaired) electrons. The molecular weight excluding hydrogens is 347 g/mol. The first-order chi connectivity index (χ1) is 13.1. The highest BCUT2D eigenvalue weighted by molar-refractivity contribution is 5.70. The molecule has 1 saturated heterocycles. The summed E-state index contributed by atoms with van der Waals surface area (Å²) in [6.45, 7) is 3.87. The van der Waals surface area contributed by atoms with E-state index >= 15 is 0 Å². The minimum absolute atomic E-state index is 0.0150. The maximum Gasteiger partial charge on any atom is 0.269 e. The van der Waals surface area contributed by atoms with Crippen LogP contribution in [0.5, 0.6) is 5.75 Å². The predicted molar refractivity (Wildman–Crippen MR) is 100 cm³/mol. The van der Waals surface area contributed by atoms with Gasteiger partial charge in [0.15, 0.2) is 0 Å². The van der Waals surface area contributed by atoms with E-state index in [1.165, 1.54) is 10.6 Å². The van der Waals surface area contributed by atoms with Crippen LogP contribution >= 0.6 is 0 Å². The van der Waals surface area contributed by atoms with Crippen LogP contribution in [-0.2, 0) is 11.3 Å². The summed E-state index contributed by atoms with van der Waals surface area (Å²) in [6.07, 6.45) is 4.98. The third kappa shape index (κ3) is 4.37. The smallest absolute Gasteiger partial charge is 0.269 e. The molecule has 27 heavy (non-hydrogen) atoms. The highest BCUT2D eigenvalue weighted by Crippen LogP contribution is 2.28. The Morgan fingerprint density at radius 2 is 2.07 bits per heavy atom. The Kier molecular flexibility index (Phi) is 6.25. The summed E-state index contributed by atoms with van der Waals surface area (Å²) >= 11 is 0. The van der Waals surface area contributed by atoms with Crippen LogP contribution in [0.2, 0.25) is 0 Å². The molecule has 1 fully saturated rings. The Morgan fingerprint density at radius 3 is 2.74 bits per heavy atom. The Labute approximate surface area is 158 Å². The molecule has 0 amide bonds. The number of aromatic nitrogens is 1. The first-order valence-electron chi connectivity index (χ1n) is 9.32.